The van der Waals surface area contributed by atoms with E-state index in [-0.39, 0.29) is 11.5 Å². The fourth-order valence-electron chi connectivity index (χ4n) is 3.95. The normalized spacial score (nSPS) is 19.8. The van der Waals surface area contributed by atoms with E-state index in [4.69, 9.17) is 0 Å². The molecule has 0 unspecified atom stereocenters. The molecule has 148 valence electrons. The Kier molecular flexibility index (Phi) is 6.99. The van der Waals surface area contributed by atoms with Gasteiger partial charge < -0.3 is 15.5 Å². The fourth-order valence-corrected chi connectivity index (χ4v) is 5.52. The summed E-state index contributed by atoms with van der Waals surface area (Å²) in [5.41, 5.74) is 0.0779. The van der Waals surface area contributed by atoms with E-state index < -0.39 is 5.82 Å². The fraction of sp³-hybridized carbons (Fsp3) is 0.600. The van der Waals surface area contributed by atoms with Crippen molar-refractivity contribution in [3.05, 3.63) is 35.6 Å². The number of carbonyl (C=O) groups excluding carboxylic acids is 1. The summed E-state index contributed by atoms with van der Waals surface area (Å²) in [6.45, 7) is 3.01. The van der Waals surface area contributed by atoms with E-state index in [0.717, 1.165) is 24.8 Å². The second-order valence-electron chi connectivity index (χ2n) is 7.22. The van der Waals surface area contributed by atoms with Gasteiger partial charge >= 0.3 is 0 Å². The molecule has 0 atom stereocenters. The molecule has 1 heterocycles. The highest BCUT2D eigenvalue weighted by Gasteiger charge is 2.38. The van der Waals surface area contributed by atoms with Crippen LogP contribution in [0.2, 0.25) is 0 Å². The Bertz CT molecular complexity index is 670. The summed E-state index contributed by atoms with van der Waals surface area (Å²) in [5, 5.41) is 6.10. The van der Waals surface area contributed by atoms with Crippen molar-refractivity contribution in [2.24, 2.45) is 4.99 Å². The van der Waals surface area contributed by atoms with Crippen molar-refractivity contribution in [2.45, 2.75) is 36.9 Å². The number of thioether (sulfide) groups is 1. The number of nitrogens with one attached hydrogen (secondary N) is 2. The van der Waals surface area contributed by atoms with Gasteiger partial charge in [-0.1, -0.05) is 31.4 Å². The Morgan fingerprint density at radius 2 is 1.96 bits per heavy atom. The molecule has 3 rings (SSSR count). The first kappa shape index (κ1) is 20.0. The first-order valence-electron chi connectivity index (χ1n) is 9.76. The molecule has 2 fully saturated rings. The zero-order chi connectivity index (χ0) is 19.1. The zero-order valence-corrected chi connectivity index (χ0v) is 16.8. The quantitative estimate of drug-likeness (QED) is 0.470. The summed E-state index contributed by atoms with van der Waals surface area (Å²) in [5.74, 6) is 1.13. The Morgan fingerprint density at radius 3 is 2.70 bits per heavy atom. The first-order valence-corrected chi connectivity index (χ1v) is 10.7. The smallest absolute Gasteiger partial charge is 0.254 e. The summed E-state index contributed by atoms with van der Waals surface area (Å²) < 4.78 is 14.0. The summed E-state index contributed by atoms with van der Waals surface area (Å²) in [6, 6.07) is 6.03. The Balaban J connectivity index is 1.46. The van der Waals surface area contributed by atoms with Gasteiger partial charge in [0.05, 0.1) is 5.56 Å². The molecule has 0 radical (unpaired) electrons. The highest BCUT2D eigenvalue weighted by atomic mass is 32.2. The molecule has 2 N–H and O–H groups in total. The van der Waals surface area contributed by atoms with Crippen LogP contribution in [-0.2, 0) is 0 Å². The van der Waals surface area contributed by atoms with E-state index in [1.807, 2.05) is 0 Å². The van der Waals surface area contributed by atoms with E-state index in [0.29, 0.717) is 17.8 Å². The number of halogens is 1. The molecule has 1 aromatic carbocycles. The van der Waals surface area contributed by atoms with Crippen LogP contribution in [0.4, 0.5) is 4.39 Å². The van der Waals surface area contributed by atoms with E-state index in [2.05, 4.69) is 32.3 Å². The third-order valence-electron chi connectivity index (χ3n) is 5.34. The third-order valence-corrected chi connectivity index (χ3v) is 6.87. The van der Waals surface area contributed by atoms with Gasteiger partial charge in [-0.3, -0.25) is 9.79 Å². The minimum Gasteiger partial charge on any atom is -0.354 e. The molecular weight excluding hydrogens is 363 g/mol. The second-order valence-corrected chi connectivity index (χ2v) is 8.79. The van der Waals surface area contributed by atoms with E-state index in [1.165, 1.54) is 44.2 Å². The zero-order valence-electron chi connectivity index (χ0n) is 16.0. The van der Waals surface area contributed by atoms with Crippen LogP contribution in [0.15, 0.2) is 29.3 Å². The van der Waals surface area contributed by atoms with Crippen molar-refractivity contribution in [1.29, 1.82) is 0 Å². The number of amides is 1. The summed E-state index contributed by atoms with van der Waals surface area (Å²) in [6.07, 6.45) is 6.61. The number of hydrogen-bond donors (Lipinski definition) is 2. The topological polar surface area (TPSA) is 56.7 Å². The van der Waals surface area contributed by atoms with Crippen molar-refractivity contribution in [3.63, 3.8) is 0 Å². The lowest BCUT2D eigenvalue weighted by atomic mass is 9.87. The van der Waals surface area contributed by atoms with Gasteiger partial charge in [0.15, 0.2) is 5.96 Å². The largest absolute Gasteiger partial charge is 0.354 e. The molecule has 1 spiro atoms. The van der Waals surface area contributed by atoms with Gasteiger partial charge in [-0.05, 0) is 25.0 Å². The Labute approximate surface area is 165 Å². The SMILES string of the molecule is CN=C(NCCNC(=O)c1ccccc1F)N1CCSC2(CCCCC2)C1. The molecule has 7 heteroatoms. The monoisotopic (exact) mass is 392 g/mol. The van der Waals surface area contributed by atoms with Crippen LogP contribution in [0.1, 0.15) is 42.5 Å². The Morgan fingerprint density at radius 1 is 1.22 bits per heavy atom. The van der Waals surface area contributed by atoms with Crippen LogP contribution in [0, 0.1) is 5.82 Å². The van der Waals surface area contributed by atoms with Crippen molar-refractivity contribution in [2.75, 3.05) is 39.0 Å². The maximum Gasteiger partial charge on any atom is 0.254 e. The minimum absolute atomic E-state index is 0.0779. The van der Waals surface area contributed by atoms with Crippen LogP contribution in [0.3, 0.4) is 0 Å². The molecule has 0 aromatic heterocycles. The number of rotatable bonds is 4. The lowest BCUT2D eigenvalue weighted by Gasteiger charge is -2.45. The van der Waals surface area contributed by atoms with Gasteiger partial charge in [0, 0.05) is 43.7 Å². The van der Waals surface area contributed by atoms with Gasteiger partial charge in [0.25, 0.3) is 5.91 Å². The van der Waals surface area contributed by atoms with Crippen molar-refractivity contribution < 1.29 is 9.18 Å². The molecule has 0 bridgehead atoms. The maximum absolute atomic E-state index is 13.6. The average molecular weight is 393 g/mol. The number of hydrogen-bond acceptors (Lipinski definition) is 3. The highest BCUT2D eigenvalue weighted by molar-refractivity contribution is 8.00. The molecular formula is C20H29FN4OS. The molecule has 1 saturated heterocycles. The number of carbonyl (C=O) groups is 1. The molecule has 2 aliphatic rings. The van der Waals surface area contributed by atoms with E-state index >= 15 is 0 Å². The number of guanidine groups is 1. The van der Waals surface area contributed by atoms with Gasteiger partial charge in [-0.25, -0.2) is 4.39 Å². The summed E-state index contributed by atoms with van der Waals surface area (Å²) in [7, 11) is 1.80. The molecule has 1 aliphatic carbocycles. The lowest BCUT2D eigenvalue weighted by Crippen LogP contribution is -2.54. The molecule has 27 heavy (non-hydrogen) atoms. The molecule has 1 saturated carbocycles. The predicted octanol–water partition coefficient (Wildman–Crippen LogP) is 2.88. The molecule has 1 aliphatic heterocycles. The number of nitrogens with zero attached hydrogens (tertiary/aromatic N) is 2. The van der Waals surface area contributed by atoms with E-state index in [9.17, 15) is 9.18 Å². The first-order chi connectivity index (χ1) is 13.1. The number of aliphatic imine (C=N–C) groups is 1. The van der Waals surface area contributed by atoms with Crippen molar-refractivity contribution in [3.8, 4) is 0 Å². The van der Waals surface area contributed by atoms with Gasteiger partial charge in [-0.15, -0.1) is 0 Å². The van der Waals surface area contributed by atoms with Crippen molar-refractivity contribution >= 4 is 23.6 Å². The molecule has 5 nitrogen and oxygen atoms in total. The van der Waals surface area contributed by atoms with Gasteiger partial charge in [-0.2, -0.15) is 11.8 Å². The predicted molar refractivity (Wildman–Crippen MR) is 110 cm³/mol. The third kappa shape index (κ3) is 5.15. The second kappa shape index (κ2) is 9.44. The van der Waals surface area contributed by atoms with Crippen LogP contribution in [-0.4, -0.2) is 60.5 Å². The molecule has 1 amide bonds. The minimum atomic E-state index is -0.498. The summed E-state index contributed by atoms with van der Waals surface area (Å²) in [4.78, 5) is 18.8. The van der Waals surface area contributed by atoms with Crippen LogP contribution in [0.5, 0.6) is 0 Å². The standard InChI is InChI=1S/C20H29FN4OS/c1-22-19(25-13-14-27-20(15-25)9-5-2-6-10-20)24-12-11-23-18(26)16-7-3-4-8-17(16)21/h3-4,7-8H,2,5-6,9-15H2,1H3,(H,22,24)(H,23,26). The maximum atomic E-state index is 13.6. The highest BCUT2D eigenvalue weighted by Crippen LogP contribution is 2.42. The average Bonchev–Trinajstić information content (AvgIpc) is 2.69. The van der Waals surface area contributed by atoms with Crippen LogP contribution >= 0.6 is 11.8 Å². The van der Waals surface area contributed by atoms with Crippen LogP contribution < -0.4 is 10.6 Å². The van der Waals surface area contributed by atoms with Gasteiger partial charge in [0.2, 0.25) is 0 Å². The van der Waals surface area contributed by atoms with Gasteiger partial charge in [0.1, 0.15) is 5.82 Å². The van der Waals surface area contributed by atoms with E-state index in [1.54, 1.807) is 19.2 Å². The summed E-state index contributed by atoms with van der Waals surface area (Å²) >= 11 is 2.13. The lowest BCUT2D eigenvalue weighted by molar-refractivity contribution is 0.0950. The van der Waals surface area contributed by atoms with Crippen molar-refractivity contribution in [1.82, 2.24) is 15.5 Å². The Hall–Kier alpha value is -1.76. The molecule has 1 aromatic rings. The van der Waals surface area contributed by atoms with Crippen LogP contribution in [0.25, 0.3) is 0 Å². The number of benzene rings is 1.